The third-order valence-electron chi connectivity index (χ3n) is 2.55. The van der Waals surface area contributed by atoms with Crippen LogP contribution >= 0.6 is 0 Å². The Bertz CT molecular complexity index is 337. The molecule has 0 radical (unpaired) electrons. The van der Waals surface area contributed by atoms with Crippen molar-refractivity contribution < 1.29 is 0 Å². The Morgan fingerprint density at radius 1 is 1.31 bits per heavy atom. The number of nitrogens with one attached hydrogen (secondary N) is 2. The normalized spacial score (nSPS) is 12.6. The molecule has 0 aliphatic rings. The van der Waals surface area contributed by atoms with Crippen molar-refractivity contribution in [3.8, 4) is 0 Å². The summed E-state index contributed by atoms with van der Waals surface area (Å²) in [7, 11) is 5.99. The lowest BCUT2D eigenvalue weighted by molar-refractivity contribution is 0.326. The van der Waals surface area contributed by atoms with E-state index in [1.165, 1.54) is 0 Å². The van der Waals surface area contributed by atoms with Crippen LogP contribution in [0.3, 0.4) is 0 Å². The van der Waals surface area contributed by atoms with Crippen LogP contribution in [0.4, 0.5) is 11.6 Å². The van der Waals surface area contributed by atoms with Crippen molar-refractivity contribution in [1.29, 1.82) is 0 Å². The van der Waals surface area contributed by atoms with E-state index < -0.39 is 0 Å². The predicted molar refractivity (Wildman–Crippen MR) is 68.0 cm³/mol. The highest BCUT2D eigenvalue weighted by molar-refractivity contribution is 5.47. The summed E-state index contributed by atoms with van der Waals surface area (Å²) in [5.41, 5.74) is 0. The molecule has 90 valence electrons. The number of hydrogen-bond acceptors (Lipinski definition) is 5. The zero-order valence-electron chi connectivity index (χ0n) is 10.7. The van der Waals surface area contributed by atoms with Gasteiger partial charge in [0.15, 0.2) is 0 Å². The third kappa shape index (κ3) is 3.66. The van der Waals surface area contributed by atoms with Crippen LogP contribution in [-0.2, 0) is 0 Å². The van der Waals surface area contributed by atoms with E-state index in [-0.39, 0.29) is 0 Å². The Labute approximate surface area is 97.3 Å². The minimum Gasteiger partial charge on any atom is -0.373 e. The Morgan fingerprint density at radius 2 is 1.94 bits per heavy atom. The van der Waals surface area contributed by atoms with Crippen molar-refractivity contribution in [3.05, 3.63) is 11.9 Å². The first-order valence-corrected chi connectivity index (χ1v) is 5.46. The number of rotatable bonds is 5. The summed E-state index contributed by atoms with van der Waals surface area (Å²) in [4.78, 5) is 10.7. The van der Waals surface area contributed by atoms with Crippen LogP contribution in [0, 0.1) is 6.92 Å². The average molecular weight is 223 g/mol. The fourth-order valence-corrected chi connectivity index (χ4v) is 1.22. The highest BCUT2D eigenvalue weighted by Gasteiger charge is 2.05. The molecule has 5 nitrogen and oxygen atoms in total. The van der Waals surface area contributed by atoms with Gasteiger partial charge in [-0.3, -0.25) is 0 Å². The molecule has 0 saturated carbocycles. The van der Waals surface area contributed by atoms with Crippen molar-refractivity contribution in [2.24, 2.45) is 0 Å². The molecule has 1 aromatic heterocycles. The van der Waals surface area contributed by atoms with Gasteiger partial charge in [0, 0.05) is 25.7 Å². The first kappa shape index (κ1) is 12.7. The number of aromatic nitrogens is 2. The smallest absolute Gasteiger partial charge is 0.131 e. The molecule has 2 N–H and O–H groups in total. The quantitative estimate of drug-likeness (QED) is 0.785. The number of aryl methyl sites for hydroxylation is 1. The van der Waals surface area contributed by atoms with E-state index in [2.05, 4.69) is 46.5 Å². The Hall–Kier alpha value is -1.36. The molecule has 0 amide bonds. The summed E-state index contributed by atoms with van der Waals surface area (Å²) in [6, 6.07) is 2.38. The van der Waals surface area contributed by atoms with Crippen molar-refractivity contribution in [1.82, 2.24) is 14.9 Å². The van der Waals surface area contributed by atoms with Gasteiger partial charge in [-0.25, -0.2) is 9.97 Å². The van der Waals surface area contributed by atoms with E-state index in [1.807, 2.05) is 20.0 Å². The van der Waals surface area contributed by atoms with Gasteiger partial charge < -0.3 is 15.5 Å². The minimum atomic E-state index is 0.466. The summed E-state index contributed by atoms with van der Waals surface area (Å²) >= 11 is 0. The number of nitrogens with zero attached hydrogens (tertiary/aromatic N) is 3. The SMILES string of the molecule is CNc1cc(NCC(C)N(C)C)nc(C)n1. The monoisotopic (exact) mass is 223 g/mol. The Morgan fingerprint density at radius 3 is 2.50 bits per heavy atom. The lowest BCUT2D eigenvalue weighted by Gasteiger charge is -2.20. The zero-order valence-corrected chi connectivity index (χ0v) is 10.7. The Kier molecular flexibility index (Phi) is 4.49. The fraction of sp³-hybridized carbons (Fsp3) is 0.636. The van der Waals surface area contributed by atoms with Gasteiger partial charge in [0.25, 0.3) is 0 Å². The number of likely N-dealkylation sites (N-methyl/N-ethyl adjacent to an activating group) is 1. The lowest BCUT2D eigenvalue weighted by atomic mass is 10.3. The summed E-state index contributed by atoms with van der Waals surface area (Å²) in [6.07, 6.45) is 0. The van der Waals surface area contributed by atoms with Crippen LogP contribution in [-0.4, -0.2) is 48.6 Å². The molecule has 0 saturated heterocycles. The minimum absolute atomic E-state index is 0.466. The standard InChI is InChI=1S/C11H21N5/c1-8(16(4)5)7-13-11-6-10(12-3)14-9(2)15-11/h6,8H,7H2,1-5H3,(H2,12,13,14,15). The highest BCUT2D eigenvalue weighted by Crippen LogP contribution is 2.10. The summed E-state index contributed by atoms with van der Waals surface area (Å²) < 4.78 is 0. The average Bonchev–Trinajstić information content (AvgIpc) is 2.24. The second-order valence-electron chi connectivity index (χ2n) is 4.13. The molecule has 1 heterocycles. The van der Waals surface area contributed by atoms with Gasteiger partial charge in [0.05, 0.1) is 0 Å². The molecule has 0 fully saturated rings. The first-order valence-electron chi connectivity index (χ1n) is 5.46. The molecule has 16 heavy (non-hydrogen) atoms. The molecule has 0 aliphatic heterocycles. The van der Waals surface area contributed by atoms with E-state index in [9.17, 15) is 0 Å². The van der Waals surface area contributed by atoms with Gasteiger partial charge in [-0.15, -0.1) is 0 Å². The van der Waals surface area contributed by atoms with Crippen LogP contribution in [0.25, 0.3) is 0 Å². The van der Waals surface area contributed by atoms with Crippen LogP contribution in [0.15, 0.2) is 6.07 Å². The second-order valence-corrected chi connectivity index (χ2v) is 4.13. The Balaban J connectivity index is 2.63. The molecule has 1 aromatic rings. The molecule has 1 rings (SSSR count). The summed E-state index contributed by atoms with van der Waals surface area (Å²) in [6.45, 7) is 4.92. The van der Waals surface area contributed by atoms with Crippen molar-refractivity contribution in [2.45, 2.75) is 19.9 Å². The van der Waals surface area contributed by atoms with E-state index >= 15 is 0 Å². The molecular formula is C11H21N5. The fourth-order valence-electron chi connectivity index (χ4n) is 1.22. The third-order valence-corrected chi connectivity index (χ3v) is 2.55. The van der Waals surface area contributed by atoms with Gasteiger partial charge in [-0.05, 0) is 27.9 Å². The second kappa shape index (κ2) is 5.65. The van der Waals surface area contributed by atoms with Crippen LogP contribution < -0.4 is 10.6 Å². The highest BCUT2D eigenvalue weighted by atomic mass is 15.1. The van der Waals surface area contributed by atoms with Gasteiger partial charge in [-0.1, -0.05) is 0 Å². The molecule has 0 aliphatic carbocycles. The largest absolute Gasteiger partial charge is 0.373 e. The summed E-state index contributed by atoms with van der Waals surface area (Å²) in [5.74, 6) is 2.48. The van der Waals surface area contributed by atoms with Crippen molar-refractivity contribution >= 4 is 11.6 Å². The first-order chi connectivity index (χ1) is 7.52. The van der Waals surface area contributed by atoms with Gasteiger partial charge in [0.1, 0.15) is 17.5 Å². The van der Waals surface area contributed by atoms with Crippen LogP contribution in [0.1, 0.15) is 12.7 Å². The zero-order chi connectivity index (χ0) is 12.1. The molecular weight excluding hydrogens is 202 g/mol. The van der Waals surface area contributed by atoms with E-state index in [0.717, 1.165) is 24.0 Å². The number of hydrogen-bond donors (Lipinski definition) is 2. The molecule has 1 atom stereocenters. The van der Waals surface area contributed by atoms with E-state index in [1.54, 1.807) is 0 Å². The van der Waals surface area contributed by atoms with Crippen LogP contribution in [0.5, 0.6) is 0 Å². The predicted octanol–water partition coefficient (Wildman–Crippen LogP) is 1.19. The summed E-state index contributed by atoms with van der Waals surface area (Å²) in [5, 5.41) is 6.33. The molecule has 1 unspecified atom stereocenters. The maximum Gasteiger partial charge on any atom is 0.131 e. The van der Waals surface area contributed by atoms with Crippen molar-refractivity contribution in [2.75, 3.05) is 38.3 Å². The van der Waals surface area contributed by atoms with E-state index in [4.69, 9.17) is 0 Å². The van der Waals surface area contributed by atoms with Crippen LogP contribution in [0.2, 0.25) is 0 Å². The van der Waals surface area contributed by atoms with Gasteiger partial charge >= 0.3 is 0 Å². The lowest BCUT2D eigenvalue weighted by Crippen LogP contribution is -2.31. The molecule has 0 bridgehead atoms. The topological polar surface area (TPSA) is 53.1 Å². The van der Waals surface area contributed by atoms with Gasteiger partial charge in [-0.2, -0.15) is 0 Å². The molecule has 0 aromatic carbocycles. The maximum atomic E-state index is 4.33. The molecule has 5 heteroatoms. The van der Waals surface area contributed by atoms with Crippen molar-refractivity contribution in [3.63, 3.8) is 0 Å². The van der Waals surface area contributed by atoms with E-state index in [0.29, 0.717) is 6.04 Å². The van der Waals surface area contributed by atoms with Gasteiger partial charge in [0.2, 0.25) is 0 Å². The number of anilines is 2. The molecule has 0 spiro atoms. The maximum absolute atomic E-state index is 4.33.